The summed E-state index contributed by atoms with van der Waals surface area (Å²) < 4.78 is 5.46. The third kappa shape index (κ3) is 3.89. The number of carbonyl (C=O) groups excluding carboxylic acids is 1. The van der Waals surface area contributed by atoms with Crippen LogP contribution in [0.1, 0.15) is 33.1 Å². The molecule has 110 valence electrons. The van der Waals surface area contributed by atoms with Gasteiger partial charge in [-0.05, 0) is 30.4 Å². The van der Waals surface area contributed by atoms with Gasteiger partial charge in [-0.3, -0.25) is 4.79 Å². The maximum absolute atomic E-state index is 12.0. The van der Waals surface area contributed by atoms with Gasteiger partial charge in [0.15, 0.2) is 6.61 Å². The lowest BCUT2D eigenvalue weighted by atomic mass is 9.78. The Bertz CT molecular complexity index is 464. The van der Waals surface area contributed by atoms with Crippen molar-refractivity contribution in [1.29, 1.82) is 0 Å². The molecular formula is C16H22ClNO2. The number of rotatable bonds is 4. The van der Waals surface area contributed by atoms with Crippen molar-refractivity contribution in [2.45, 2.75) is 39.2 Å². The van der Waals surface area contributed by atoms with Crippen LogP contribution in [0.5, 0.6) is 5.75 Å². The SMILES string of the molecule is C[C@H]1[C@@H](NC(=O)COc2ccccc2Cl)CCC[C@@H]1C. The molecule has 20 heavy (non-hydrogen) atoms. The molecule has 0 spiro atoms. The van der Waals surface area contributed by atoms with Crippen molar-refractivity contribution in [3.63, 3.8) is 0 Å². The highest BCUT2D eigenvalue weighted by Crippen LogP contribution is 2.29. The normalized spacial score (nSPS) is 26.1. The Morgan fingerprint density at radius 2 is 2.10 bits per heavy atom. The van der Waals surface area contributed by atoms with Gasteiger partial charge >= 0.3 is 0 Å². The molecule has 1 aliphatic rings. The van der Waals surface area contributed by atoms with E-state index in [-0.39, 0.29) is 18.6 Å². The summed E-state index contributed by atoms with van der Waals surface area (Å²) in [5.74, 6) is 1.66. The molecule has 1 aromatic carbocycles. The van der Waals surface area contributed by atoms with Gasteiger partial charge in [0.1, 0.15) is 5.75 Å². The lowest BCUT2D eigenvalue weighted by molar-refractivity contribution is -0.124. The zero-order chi connectivity index (χ0) is 14.5. The molecule has 1 saturated carbocycles. The molecule has 4 heteroatoms. The molecule has 3 nitrogen and oxygen atoms in total. The predicted octanol–water partition coefficient (Wildman–Crippen LogP) is 3.66. The molecule has 0 aromatic heterocycles. The number of ether oxygens (including phenoxy) is 1. The first-order valence-corrected chi connectivity index (χ1v) is 7.62. The van der Waals surface area contributed by atoms with Gasteiger partial charge in [0.2, 0.25) is 0 Å². The van der Waals surface area contributed by atoms with Crippen molar-refractivity contribution in [2.24, 2.45) is 11.8 Å². The van der Waals surface area contributed by atoms with E-state index in [1.807, 2.05) is 12.1 Å². The third-order valence-electron chi connectivity index (χ3n) is 4.25. The minimum atomic E-state index is -0.0733. The summed E-state index contributed by atoms with van der Waals surface area (Å²) >= 11 is 5.99. The van der Waals surface area contributed by atoms with E-state index in [1.165, 1.54) is 12.8 Å². The van der Waals surface area contributed by atoms with Crippen molar-refractivity contribution < 1.29 is 9.53 Å². The zero-order valence-corrected chi connectivity index (χ0v) is 12.8. The second kappa shape index (κ2) is 6.98. The van der Waals surface area contributed by atoms with Crippen LogP contribution in [0.4, 0.5) is 0 Å². The molecule has 1 fully saturated rings. The number of benzene rings is 1. The third-order valence-corrected chi connectivity index (χ3v) is 4.56. The van der Waals surface area contributed by atoms with Crippen molar-refractivity contribution in [2.75, 3.05) is 6.61 Å². The smallest absolute Gasteiger partial charge is 0.258 e. The summed E-state index contributed by atoms with van der Waals surface area (Å²) in [5.41, 5.74) is 0. The minimum absolute atomic E-state index is 0.0152. The molecule has 1 aromatic rings. The average Bonchev–Trinajstić information content (AvgIpc) is 2.43. The maximum Gasteiger partial charge on any atom is 0.258 e. The highest BCUT2D eigenvalue weighted by atomic mass is 35.5. The Hall–Kier alpha value is -1.22. The summed E-state index contributed by atoms with van der Waals surface area (Å²) in [4.78, 5) is 12.0. The first-order chi connectivity index (χ1) is 9.58. The molecule has 0 saturated heterocycles. The van der Waals surface area contributed by atoms with Gasteiger partial charge in [-0.2, -0.15) is 0 Å². The quantitative estimate of drug-likeness (QED) is 0.920. The predicted molar refractivity (Wildman–Crippen MR) is 81.1 cm³/mol. The molecule has 1 N–H and O–H groups in total. The van der Waals surface area contributed by atoms with E-state index in [0.717, 1.165) is 6.42 Å². The number of hydrogen-bond donors (Lipinski definition) is 1. The second-order valence-electron chi connectivity index (χ2n) is 5.66. The van der Waals surface area contributed by atoms with Crippen LogP contribution in [0.2, 0.25) is 5.02 Å². The van der Waals surface area contributed by atoms with Crippen LogP contribution in [-0.2, 0) is 4.79 Å². The minimum Gasteiger partial charge on any atom is -0.482 e. The molecule has 2 rings (SSSR count). The van der Waals surface area contributed by atoms with Gasteiger partial charge < -0.3 is 10.1 Å². The van der Waals surface area contributed by atoms with Gasteiger partial charge in [0, 0.05) is 6.04 Å². The molecular weight excluding hydrogens is 274 g/mol. The number of nitrogens with one attached hydrogen (secondary N) is 1. The molecule has 0 aliphatic heterocycles. The van der Waals surface area contributed by atoms with Crippen LogP contribution in [0.3, 0.4) is 0 Å². The van der Waals surface area contributed by atoms with Gasteiger partial charge in [0.25, 0.3) is 5.91 Å². The molecule has 0 radical (unpaired) electrons. The highest BCUT2D eigenvalue weighted by molar-refractivity contribution is 6.32. The van der Waals surface area contributed by atoms with Crippen LogP contribution in [-0.4, -0.2) is 18.6 Å². The summed E-state index contributed by atoms with van der Waals surface area (Å²) in [6.45, 7) is 4.48. The molecule has 1 amide bonds. The average molecular weight is 296 g/mol. The van der Waals surface area contributed by atoms with Crippen LogP contribution >= 0.6 is 11.6 Å². The van der Waals surface area contributed by atoms with Crippen molar-refractivity contribution in [1.82, 2.24) is 5.32 Å². The maximum atomic E-state index is 12.0. The van der Waals surface area contributed by atoms with Crippen LogP contribution < -0.4 is 10.1 Å². The Morgan fingerprint density at radius 1 is 1.35 bits per heavy atom. The van der Waals surface area contributed by atoms with Crippen LogP contribution in [0.15, 0.2) is 24.3 Å². The second-order valence-corrected chi connectivity index (χ2v) is 6.07. The Morgan fingerprint density at radius 3 is 2.85 bits per heavy atom. The molecule has 0 heterocycles. The van der Waals surface area contributed by atoms with Gasteiger partial charge in [-0.1, -0.05) is 50.4 Å². The van der Waals surface area contributed by atoms with E-state index in [0.29, 0.717) is 22.6 Å². The van der Waals surface area contributed by atoms with E-state index in [2.05, 4.69) is 19.2 Å². The lowest BCUT2D eigenvalue weighted by Gasteiger charge is -2.34. The number of halogens is 1. The fraction of sp³-hybridized carbons (Fsp3) is 0.562. The van der Waals surface area contributed by atoms with Crippen molar-refractivity contribution >= 4 is 17.5 Å². The van der Waals surface area contributed by atoms with Crippen LogP contribution in [0, 0.1) is 11.8 Å². The highest BCUT2D eigenvalue weighted by Gasteiger charge is 2.28. The Kier molecular flexibility index (Phi) is 5.30. The molecule has 0 bridgehead atoms. The largest absolute Gasteiger partial charge is 0.482 e. The fourth-order valence-electron chi connectivity index (χ4n) is 2.74. The topological polar surface area (TPSA) is 38.3 Å². The van der Waals surface area contributed by atoms with E-state index >= 15 is 0 Å². The van der Waals surface area contributed by atoms with E-state index in [4.69, 9.17) is 16.3 Å². The summed E-state index contributed by atoms with van der Waals surface area (Å²) in [6, 6.07) is 7.45. The zero-order valence-electron chi connectivity index (χ0n) is 12.1. The van der Waals surface area contributed by atoms with Crippen molar-refractivity contribution in [3.05, 3.63) is 29.3 Å². The van der Waals surface area contributed by atoms with E-state index in [1.54, 1.807) is 12.1 Å². The molecule has 1 aliphatic carbocycles. The van der Waals surface area contributed by atoms with E-state index < -0.39 is 0 Å². The number of carbonyl (C=O) groups is 1. The van der Waals surface area contributed by atoms with Gasteiger partial charge in [-0.25, -0.2) is 0 Å². The summed E-state index contributed by atoms with van der Waals surface area (Å²) in [7, 11) is 0. The monoisotopic (exact) mass is 295 g/mol. The number of amides is 1. The van der Waals surface area contributed by atoms with Gasteiger partial charge in [-0.15, -0.1) is 0 Å². The van der Waals surface area contributed by atoms with E-state index in [9.17, 15) is 4.79 Å². The van der Waals surface area contributed by atoms with Gasteiger partial charge in [0.05, 0.1) is 5.02 Å². The number of para-hydroxylation sites is 1. The van der Waals surface area contributed by atoms with Crippen molar-refractivity contribution in [3.8, 4) is 5.75 Å². The Labute approximate surface area is 125 Å². The number of hydrogen-bond acceptors (Lipinski definition) is 2. The summed E-state index contributed by atoms with van der Waals surface area (Å²) in [6.07, 6.45) is 3.49. The first kappa shape index (κ1) is 15.2. The Balaban J connectivity index is 1.82. The van der Waals surface area contributed by atoms with Crippen LogP contribution in [0.25, 0.3) is 0 Å². The molecule has 3 atom stereocenters. The standard InChI is InChI=1S/C16H22ClNO2/c1-11-6-5-8-14(12(11)2)18-16(19)10-20-15-9-4-3-7-13(15)17/h3-4,7,9,11-12,14H,5-6,8,10H2,1-2H3,(H,18,19)/t11-,12+,14-/m0/s1. The fourth-order valence-corrected chi connectivity index (χ4v) is 2.93. The summed E-state index contributed by atoms with van der Waals surface area (Å²) in [5, 5.41) is 3.61. The molecule has 0 unspecified atom stereocenters. The first-order valence-electron chi connectivity index (χ1n) is 7.24. The lowest BCUT2D eigenvalue weighted by Crippen LogP contribution is -2.45.